The lowest BCUT2D eigenvalue weighted by molar-refractivity contribution is -0.130. The summed E-state index contributed by atoms with van der Waals surface area (Å²) >= 11 is 0. The molecule has 2 aliphatic heterocycles. The summed E-state index contributed by atoms with van der Waals surface area (Å²) in [5.74, 6) is 1.68. The van der Waals surface area contributed by atoms with Crippen molar-refractivity contribution in [3.8, 4) is 5.75 Å². The lowest BCUT2D eigenvalue weighted by Gasteiger charge is -2.37. The van der Waals surface area contributed by atoms with E-state index in [9.17, 15) is 4.79 Å². The number of carbonyl (C=O) groups is 1. The minimum atomic E-state index is -0.278. The Balaban J connectivity index is 1.73. The highest BCUT2D eigenvalue weighted by Crippen LogP contribution is 2.32. The largest absolute Gasteiger partial charge is 0.496 e. The third kappa shape index (κ3) is 4.53. The van der Waals surface area contributed by atoms with Crippen LogP contribution in [0, 0.1) is 5.92 Å². The number of rotatable bonds is 6. The van der Waals surface area contributed by atoms with Crippen molar-refractivity contribution < 1.29 is 14.3 Å². The third-order valence-electron chi connectivity index (χ3n) is 5.45. The predicted molar refractivity (Wildman–Crippen MR) is 97.7 cm³/mol. The zero-order chi connectivity index (χ0) is 17.6. The first-order valence-corrected chi connectivity index (χ1v) is 9.45. The van der Waals surface area contributed by atoms with Gasteiger partial charge in [-0.1, -0.05) is 25.1 Å². The molecule has 0 spiro atoms. The molecule has 2 fully saturated rings. The zero-order valence-corrected chi connectivity index (χ0v) is 15.4. The van der Waals surface area contributed by atoms with E-state index in [1.54, 1.807) is 7.11 Å². The molecule has 0 saturated carbocycles. The Hall–Kier alpha value is -1.59. The number of ether oxygens (including phenoxy) is 2. The van der Waals surface area contributed by atoms with Gasteiger partial charge in [-0.25, -0.2) is 0 Å². The molecule has 0 radical (unpaired) electrons. The molecule has 1 N–H and O–H groups in total. The van der Waals surface area contributed by atoms with Gasteiger partial charge < -0.3 is 14.8 Å². The number of amides is 1. The number of hydrogen-bond acceptors (Lipinski definition) is 4. The van der Waals surface area contributed by atoms with E-state index < -0.39 is 0 Å². The fourth-order valence-electron chi connectivity index (χ4n) is 3.81. The van der Waals surface area contributed by atoms with Crippen LogP contribution in [0.1, 0.15) is 44.2 Å². The van der Waals surface area contributed by atoms with Crippen LogP contribution in [0.3, 0.4) is 0 Å². The minimum absolute atomic E-state index is 0.0165. The molecule has 2 atom stereocenters. The first-order valence-electron chi connectivity index (χ1n) is 9.45. The number of likely N-dealkylation sites (tertiary alicyclic amines) is 1. The molecule has 0 aromatic heterocycles. The number of carbonyl (C=O) groups excluding carboxylic acids is 1. The maximum Gasteiger partial charge on any atom is 0.249 e. The summed E-state index contributed by atoms with van der Waals surface area (Å²) in [6, 6.07) is 8.27. The molecule has 0 aliphatic carbocycles. The van der Waals surface area contributed by atoms with Crippen molar-refractivity contribution in [3.63, 3.8) is 0 Å². The van der Waals surface area contributed by atoms with Crippen molar-refractivity contribution in [2.75, 3.05) is 33.4 Å². The van der Waals surface area contributed by atoms with Gasteiger partial charge in [0.05, 0.1) is 13.2 Å². The summed E-state index contributed by atoms with van der Waals surface area (Å²) in [6.07, 6.45) is 3.92. The van der Waals surface area contributed by atoms with Crippen LogP contribution in [-0.4, -0.2) is 50.3 Å². The van der Waals surface area contributed by atoms with Gasteiger partial charge in [-0.15, -0.1) is 0 Å². The Morgan fingerprint density at radius 2 is 2.08 bits per heavy atom. The summed E-state index contributed by atoms with van der Waals surface area (Å²) in [4.78, 5) is 14.9. The van der Waals surface area contributed by atoms with Crippen LogP contribution in [0.15, 0.2) is 24.3 Å². The number of nitrogens with zero attached hydrogens (tertiary/aromatic N) is 1. The van der Waals surface area contributed by atoms with Crippen LogP contribution in [0.2, 0.25) is 0 Å². The monoisotopic (exact) mass is 346 g/mol. The number of para-hydroxylation sites is 1. The van der Waals surface area contributed by atoms with E-state index in [1.807, 2.05) is 18.2 Å². The Labute approximate surface area is 150 Å². The summed E-state index contributed by atoms with van der Waals surface area (Å²) in [5.41, 5.74) is 1.15. The molecular weight excluding hydrogens is 316 g/mol. The van der Waals surface area contributed by atoms with Gasteiger partial charge >= 0.3 is 0 Å². The SMILES string of the molecule is COc1ccccc1C(CNC(=O)C1CCCO1)N1CCC(C)CC1. The van der Waals surface area contributed by atoms with Crippen LogP contribution in [0.25, 0.3) is 0 Å². The highest BCUT2D eigenvalue weighted by molar-refractivity contribution is 5.81. The summed E-state index contributed by atoms with van der Waals surface area (Å²) in [7, 11) is 1.71. The zero-order valence-electron chi connectivity index (χ0n) is 15.4. The van der Waals surface area contributed by atoms with Gasteiger partial charge in [-0.3, -0.25) is 9.69 Å². The van der Waals surface area contributed by atoms with Crippen LogP contribution in [0.5, 0.6) is 5.75 Å². The molecule has 0 bridgehead atoms. The summed E-state index contributed by atoms with van der Waals surface area (Å²) in [5, 5.41) is 3.12. The lowest BCUT2D eigenvalue weighted by atomic mass is 9.95. The number of hydrogen-bond donors (Lipinski definition) is 1. The van der Waals surface area contributed by atoms with E-state index in [-0.39, 0.29) is 18.1 Å². The number of benzene rings is 1. The van der Waals surface area contributed by atoms with E-state index >= 15 is 0 Å². The Kier molecular flexibility index (Phi) is 6.32. The van der Waals surface area contributed by atoms with Crippen molar-refractivity contribution in [1.29, 1.82) is 0 Å². The molecule has 25 heavy (non-hydrogen) atoms. The highest BCUT2D eigenvalue weighted by atomic mass is 16.5. The van der Waals surface area contributed by atoms with E-state index in [4.69, 9.17) is 9.47 Å². The second-order valence-corrected chi connectivity index (χ2v) is 7.22. The van der Waals surface area contributed by atoms with Crippen LogP contribution >= 0.6 is 0 Å². The predicted octanol–water partition coefficient (Wildman–Crippen LogP) is 2.76. The molecule has 138 valence electrons. The first kappa shape index (κ1) is 18.2. The molecule has 2 unspecified atom stereocenters. The molecular formula is C20H30N2O3. The van der Waals surface area contributed by atoms with Gasteiger partial charge in [0.2, 0.25) is 5.91 Å². The second-order valence-electron chi connectivity index (χ2n) is 7.22. The third-order valence-corrected chi connectivity index (χ3v) is 5.45. The molecule has 5 nitrogen and oxygen atoms in total. The van der Waals surface area contributed by atoms with Gasteiger partial charge in [-0.2, -0.15) is 0 Å². The van der Waals surface area contributed by atoms with Gasteiger partial charge in [0.1, 0.15) is 11.9 Å². The van der Waals surface area contributed by atoms with Gasteiger partial charge in [0.25, 0.3) is 0 Å². The van der Waals surface area contributed by atoms with Gasteiger partial charge in [0.15, 0.2) is 0 Å². The van der Waals surface area contributed by atoms with E-state index in [0.717, 1.165) is 43.2 Å². The Morgan fingerprint density at radius 3 is 2.76 bits per heavy atom. The van der Waals surface area contributed by atoms with Gasteiger partial charge in [-0.05, 0) is 50.8 Å². The lowest BCUT2D eigenvalue weighted by Crippen LogP contribution is -2.44. The normalized spacial score (nSPS) is 23.4. The maximum absolute atomic E-state index is 12.4. The van der Waals surface area contributed by atoms with E-state index in [1.165, 1.54) is 12.8 Å². The van der Waals surface area contributed by atoms with E-state index in [2.05, 4.69) is 23.2 Å². The number of piperidine rings is 1. The van der Waals surface area contributed by atoms with Crippen LogP contribution in [0.4, 0.5) is 0 Å². The van der Waals surface area contributed by atoms with Crippen molar-refractivity contribution in [2.24, 2.45) is 5.92 Å². The average molecular weight is 346 g/mol. The molecule has 1 aromatic rings. The average Bonchev–Trinajstić information content (AvgIpc) is 3.18. The topological polar surface area (TPSA) is 50.8 Å². The second kappa shape index (κ2) is 8.68. The van der Waals surface area contributed by atoms with Crippen molar-refractivity contribution in [3.05, 3.63) is 29.8 Å². The highest BCUT2D eigenvalue weighted by Gasteiger charge is 2.29. The van der Waals surface area contributed by atoms with Crippen molar-refractivity contribution >= 4 is 5.91 Å². The molecule has 1 aromatic carbocycles. The summed E-state index contributed by atoms with van der Waals surface area (Å²) < 4.78 is 11.1. The molecule has 1 amide bonds. The van der Waals surface area contributed by atoms with Crippen LogP contribution in [-0.2, 0) is 9.53 Å². The molecule has 5 heteroatoms. The fraction of sp³-hybridized carbons (Fsp3) is 0.650. The standard InChI is InChI=1S/C20H30N2O3/c1-15-9-11-22(12-10-15)17(16-6-3-4-7-18(16)24-2)14-21-20(23)19-8-5-13-25-19/h3-4,6-7,15,17,19H,5,8-14H2,1-2H3,(H,21,23). The first-order chi connectivity index (χ1) is 12.2. The fourth-order valence-corrected chi connectivity index (χ4v) is 3.81. The minimum Gasteiger partial charge on any atom is -0.496 e. The smallest absolute Gasteiger partial charge is 0.249 e. The quantitative estimate of drug-likeness (QED) is 0.860. The van der Waals surface area contributed by atoms with Gasteiger partial charge in [0, 0.05) is 18.7 Å². The number of nitrogens with one attached hydrogen (secondary N) is 1. The van der Waals surface area contributed by atoms with Crippen molar-refractivity contribution in [2.45, 2.75) is 44.8 Å². The maximum atomic E-state index is 12.4. The molecule has 2 aliphatic rings. The molecule has 3 rings (SSSR count). The van der Waals surface area contributed by atoms with Crippen molar-refractivity contribution in [1.82, 2.24) is 10.2 Å². The van der Waals surface area contributed by atoms with Crippen LogP contribution < -0.4 is 10.1 Å². The summed E-state index contributed by atoms with van der Waals surface area (Å²) in [6.45, 7) is 5.71. The Bertz CT molecular complexity index is 564. The van der Waals surface area contributed by atoms with E-state index in [0.29, 0.717) is 13.2 Å². The Morgan fingerprint density at radius 1 is 1.32 bits per heavy atom. The molecule has 2 saturated heterocycles. The number of methoxy groups -OCH3 is 1. The molecule has 2 heterocycles.